The predicted molar refractivity (Wildman–Crippen MR) is 69.4 cm³/mol. The summed E-state index contributed by atoms with van der Waals surface area (Å²) in [5.74, 6) is 0.898. The maximum absolute atomic E-state index is 4.20. The van der Waals surface area contributed by atoms with Crippen LogP contribution in [0.1, 0.15) is 4.88 Å². The van der Waals surface area contributed by atoms with Crippen LogP contribution in [0.5, 0.6) is 0 Å². The van der Waals surface area contributed by atoms with Gasteiger partial charge in [0.15, 0.2) is 5.82 Å². The minimum absolute atomic E-state index is 0.898. The summed E-state index contributed by atoms with van der Waals surface area (Å²) in [4.78, 5) is 2.42. The smallest absolute Gasteiger partial charge is 0.178 e. The monoisotopic (exact) mass is 241 g/mol. The molecule has 0 saturated carbocycles. The number of aryl methyl sites for hydroxylation is 1. The number of para-hydroxylation sites is 1. The van der Waals surface area contributed by atoms with Gasteiger partial charge in [-0.25, -0.2) is 0 Å². The zero-order valence-electron chi connectivity index (χ0n) is 9.37. The zero-order chi connectivity index (χ0) is 11.7. The van der Waals surface area contributed by atoms with Gasteiger partial charge in [-0.15, -0.1) is 21.5 Å². The summed E-state index contributed by atoms with van der Waals surface area (Å²) in [5, 5.41) is 8.20. The minimum Gasteiger partial charge on any atom is -0.281 e. The van der Waals surface area contributed by atoms with E-state index in [0.717, 1.165) is 16.4 Å². The molecule has 0 aliphatic heterocycles. The lowest BCUT2D eigenvalue weighted by molar-refractivity contribution is 1.07. The summed E-state index contributed by atoms with van der Waals surface area (Å²) in [7, 11) is 0. The molecular formula is C13H11N3S. The van der Waals surface area contributed by atoms with Crippen molar-refractivity contribution in [2.24, 2.45) is 0 Å². The van der Waals surface area contributed by atoms with Crippen molar-refractivity contribution in [3.63, 3.8) is 0 Å². The van der Waals surface area contributed by atoms with Gasteiger partial charge in [0, 0.05) is 10.6 Å². The van der Waals surface area contributed by atoms with Gasteiger partial charge in [-0.3, -0.25) is 4.57 Å². The summed E-state index contributed by atoms with van der Waals surface area (Å²) in [5.41, 5.74) is 1.08. The molecule has 0 fully saturated rings. The molecule has 0 saturated heterocycles. The highest BCUT2D eigenvalue weighted by atomic mass is 32.1. The second kappa shape index (κ2) is 4.14. The molecular weight excluding hydrogens is 230 g/mol. The maximum Gasteiger partial charge on any atom is 0.178 e. The lowest BCUT2D eigenvalue weighted by Crippen LogP contribution is -1.94. The fourth-order valence-corrected chi connectivity index (χ4v) is 2.58. The van der Waals surface area contributed by atoms with Crippen molar-refractivity contribution in [1.82, 2.24) is 14.8 Å². The van der Waals surface area contributed by atoms with Crippen LogP contribution in [0.4, 0.5) is 0 Å². The van der Waals surface area contributed by atoms with E-state index in [1.54, 1.807) is 17.7 Å². The van der Waals surface area contributed by atoms with Gasteiger partial charge in [-0.05, 0) is 31.2 Å². The van der Waals surface area contributed by atoms with Crippen molar-refractivity contribution in [3.05, 3.63) is 53.7 Å². The maximum atomic E-state index is 4.20. The van der Waals surface area contributed by atoms with Gasteiger partial charge in [-0.1, -0.05) is 18.2 Å². The third-order valence-corrected chi connectivity index (χ3v) is 3.54. The molecule has 0 bridgehead atoms. The van der Waals surface area contributed by atoms with Gasteiger partial charge in [0.25, 0.3) is 0 Å². The molecule has 0 atom stereocenters. The minimum atomic E-state index is 0.898. The molecule has 3 nitrogen and oxygen atoms in total. The summed E-state index contributed by atoms with van der Waals surface area (Å²) in [6.45, 7) is 2.09. The van der Waals surface area contributed by atoms with E-state index in [9.17, 15) is 0 Å². The van der Waals surface area contributed by atoms with Crippen LogP contribution in [-0.4, -0.2) is 14.8 Å². The standard InChI is InChI=1S/C13H11N3S/c1-10-7-8-12(17-10)13-15-14-9-16(13)11-5-3-2-4-6-11/h2-9H,1H3. The van der Waals surface area contributed by atoms with E-state index in [2.05, 4.69) is 29.3 Å². The number of benzene rings is 1. The molecule has 3 aromatic rings. The molecule has 0 radical (unpaired) electrons. The highest BCUT2D eigenvalue weighted by Gasteiger charge is 2.10. The summed E-state index contributed by atoms with van der Waals surface area (Å²) in [6.07, 6.45) is 1.75. The van der Waals surface area contributed by atoms with Crippen molar-refractivity contribution in [2.75, 3.05) is 0 Å². The molecule has 4 heteroatoms. The molecule has 0 spiro atoms. The van der Waals surface area contributed by atoms with Gasteiger partial charge in [0.05, 0.1) is 4.88 Å². The molecule has 0 N–H and O–H groups in total. The number of hydrogen-bond donors (Lipinski definition) is 0. The molecule has 17 heavy (non-hydrogen) atoms. The Morgan fingerprint density at radius 1 is 1.06 bits per heavy atom. The number of thiophene rings is 1. The van der Waals surface area contributed by atoms with E-state index in [0.29, 0.717) is 0 Å². The fourth-order valence-electron chi connectivity index (χ4n) is 1.74. The Labute approximate surface area is 103 Å². The van der Waals surface area contributed by atoms with Crippen LogP contribution in [0.15, 0.2) is 48.8 Å². The molecule has 2 heterocycles. The molecule has 2 aromatic heterocycles. The van der Waals surface area contributed by atoms with Crippen molar-refractivity contribution in [2.45, 2.75) is 6.92 Å². The molecule has 0 aliphatic carbocycles. The Kier molecular flexibility index (Phi) is 2.49. The Balaban J connectivity index is 2.12. The SMILES string of the molecule is Cc1ccc(-c2nncn2-c2ccccc2)s1. The van der Waals surface area contributed by atoms with E-state index in [4.69, 9.17) is 0 Å². The molecule has 0 aliphatic rings. The average Bonchev–Trinajstić information content (AvgIpc) is 2.98. The van der Waals surface area contributed by atoms with Gasteiger partial charge >= 0.3 is 0 Å². The van der Waals surface area contributed by atoms with Crippen LogP contribution in [-0.2, 0) is 0 Å². The normalized spacial score (nSPS) is 10.6. The summed E-state index contributed by atoms with van der Waals surface area (Å²) >= 11 is 1.73. The topological polar surface area (TPSA) is 30.7 Å². The molecule has 1 aromatic carbocycles. The number of rotatable bonds is 2. The van der Waals surface area contributed by atoms with E-state index in [1.165, 1.54) is 4.88 Å². The van der Waals surface area contributed by atoms with Crippen LogP contribution in [0, 0.1) is 6.92 Å². The Bertz CT molecular complexity index is 625. The van der Waals surface area contributed by atoms with E-state index in [-0.39, 0.29) is 0 Å². The molecule has 0 unspecified atom stereocenters. The van der Waals surface area contributed by atoms with Crippen molar-refractivity contribution < 1.29 is 0 Å². The predicted octanol–water partition coefficient (Wildman–Crippen LogP) is 3.30. The zero-order valence-corrected chi connectivity index (χ0v) is 10.2. The van der Waals surface area contributed by atoms with Gasteiger partial charge in [0.2, 0.25) is 0 Å². The molecule has 0 amide bonds. The Morgan fingerprint density at radius 2 is 1.88 bits per heavy atom. The second-order valence-corrected chi connectivity index (χ2v) is 5.06. The van der Waals surface area contributed by atoms with E-state index in [1.807, 2.05) is 34.9 Å². The lowest BCUT2D eigenvalue weighted by atomic mass is 10.3. The van der Waals surface area contributed by atoms with Crippen LogP contribution in [0.2, 0.25) is 0 Å². The molecule has 84 valence electrons. The van der Waals surface area contributed by atoms with Crippen LogP contribution < -0.4 is 0 Å². The van der Waals surface area contributed by atoms with Gasteiger partial charge in [-0.2, -0.15) is 0 Å². The van der Waals surface area contributed by atoms with E-state index >= 15 is 0 Å². The third-order valence-electron chi connectivity index (χ3n) is 2.54. The first kappa shape index (κ1) is 10.2. The highest BCUT2D eigenvalue weighted by Crippen LogP contribution is 2.27. The number of hydrogen-bond acceptors (Lipinski definition) is 3. The Hall–Kier alpha value is -1.94. The molecule has 3 rings (SSSR count). The van der Waals surface area contributed by atoms with Crippen LogP contribution in [0.25, 0.3) is 16.4 Å². The van der Waals surface area contributed by atoms with Crippen molar-refractivity contribution in [1.29, 1.82) is 0 Å². The first-order chi connectivity index (χ1) is 8.34. The second-order valence-electron chi connectivity index (χ2n) is 3.77. The summed E-state index contributed by atoms with van der Waals surface area (Å²) < 4.78 is 2.01. The summed E-state index contributed by atoms with van der Waals surface area (Å²) in [6, 6.07) is 14.3. The number of nitrogens with zero attached hydrogens (tertiary/aromatic N) is 3. The van der Waals surface area contributed by atoms with Crippen molar-refractivity contribution in [3.8, 4) is 16.4 Å². The van der Waals surface area contributed by atoms with Crippen LogP contribution >= 0.6 is 11.3 Å². The Morgan fingerprint density at radius 3 is 2.59 bits per heavy atom. The fraction of sp³-hybridized carbons (Fsp3) is 0.0769. The van der Waals surface area contributed by atoms with Gasteiger partial charge < -0.3 is 0 Å². The largest absolute Gasteiger partial charge is 0.281 e. The first-order valence-corrected chi connectivity index (χ1v) is 6.18. The van der Waals surface area contributed by atoms with Crippen LogP contribution in [0.3, 0.4) is 0 Å². The highest BCUT2D eigenvalue weighted by molar-refractivity contribution is 7.15. The first-order valence-electron chi connectivity index (χ1n) is 5.37. The lowest BCUT2D eigenvalue weighted by Gasteiger charge is -2.04. The average molecular weight is 241 g/mol. The van der Waals surface area contributed by atoms with E-state index < -0.39 is 0 Å². The third kappa shape index (κ3) is 1.87. The number of aromatic nitrogens is 3. The van der Waals surface area contributed by atoms with Gasteiger partial charge in [0.1, 0.15) is 6.33 Å². The van der Waals surface area contributed by atoms with Crippen molar-refractivity contribution >= 4 is 11.3 Å². The quantitative estimate of drug-likeness (QED) is 0.689.